The molecule has 74 valence electrons. The fourth-order valence-corrected chi connectivity index (χ4v) is 2.78. The highest BCUT2D eigenvalue weighted by atomic mass is 36.1. The van der Waals surface area contributed by atoms with Gasteiger partial charge in [-0.05, 0) is 32.1 Å². The zero-order chi connectivity index (χ0) is 9.73. The van der Waals surface area contributed by atoms with E-state index in [1.807, 2.05) is 0 Å². The van der Waals surface area contributed by atoms with Gasteiger partial charge in [0.1, 0.15) is 0 Å². The second-order valence-corrected chi connectivity index (χ2v) is 9.98. The van der Waals surface area contributed by atoms with E-state index in [1.165, 1.54) is 0 Å². The molecule has 0 atom stereocenters. The van der Waals surface area contributed by atoms with Gasteiger partial charge in [0.2, 0.25) is 0 Å². The Bertz CT molecular complexity index is 220. The Hall–Kier alpha value is 0.710. The quantitative estimate of drug-likeness (QED) is 0.445. The third kappa shape index (κ3) is 5.91. The van der Waals surface area contributed by atoms with Crippen LogP contribution in [0.2, 0.25) is 0 Å². The maximum Gasteiger partial charge on any atom is 0.421 e. The van der Waals surface area contributed by atoms with Crippen LogP contribution < -0.4 is 0 Å². The lowest BCUT2D eigenvalue weighted by Crippen LogP contribution is -1.99. The zero-order valence-corrected chi connectivity index (χ0v) is 10.4. The van der Waals surface area contributed by atoms with E-state index >= 15 is 0 Å². The van der Waals surface area contributed by atoms with E-state index in [4.69, 9.17) is 33.7 Å². The molecule has 0 aromatic heterocycles. The summed E-state index contributed by atoms with van der Waals surface area (Å²) in [5, 5.41) is 0. The van der Waals surface area contributed by atoms with Gasteiger partial charge in [-0.1, -0.05) is 16.9 Å². The van der Waals surface area contributed by atoms with Crippen LogP contribution in [0.15, 0.2) is 16.9 Å². The van der Waals surface area contributed by atoms with Crippen molar-refractivity contribution < 1.29 is 0 Å². The van der Waals surface area contributed by atoms with Crippen LogP contribution in [0.1, 0.15) is 32.1 Å². The standard InChI is InChI=1S/C8H12Cl3NP/c9-13(10,11)12-8-6-4-2-1-3-5-7-8/h1-2H,3-7H2/q+1/b2-1-,12-8?. The van der Waals surface area contributed by atoms with Crippen LogP contribution in [-0.2, 0) is 0 Å². The molecular weight excluding hydrogens is 247 g/mol. The van der Waals surface area contributed by atoms with Crippen LogP contribution in [0.5, 0.6) is 0 Å². The minimum Gasteiger partial charge on any atom is -0.0885 e. The van der Waals surface area contributed by atoms with Gasteiger partial charge in [-0.3, -0.25) is 0 Å². The Balaban J connectivity index is 2.58. The molecule has 13 heavy (non-hydrogen) atoms. The smallest absolute Gasteiger partial charge is 0.0885 e. The van der Waals surface area contributed by atoms with Crippen LogP contribution >= 0.6 is 39.2 Å². The van der Waals surface area contributed by atoms with E-state index in [2.05, 4.69) is 16.9 Å². The molecule has 0 saturated heterocycles. The number of rotatable bonds is 1. The summed E-state index contributed by atoms with van der Waals surface area (Å²) >= 11 is 17.1. The van der Waals surface area contributed by atoms with E-state index < -0.39 is 5.47 Å². The van der Waals surface area contributed by atoms with Crippen molar-refractivity contribution in [3.63, 3.8) is 0 Å². The highest BCUT2D eigenvalue weighted by Crippen LogP contribution is 2.75. The van der Waals surface area contributed by atoms with Gasteiger partial charge in [-0.15, -0.1) is 0 Å². The third-order valence-corrected chi connectivity index (χ3v) is 3.05. The molecule has 1 rings (SSSR count). The maximum atomic E-state index is 5.70. The highest BCUT2D eigenvalue weighted by molar-refractivity contribution is 8.32. The molecule has 1 aliphatic carbocycles. The first kappa shape index (κ1) is 11.8. The van der Waals surface area contributed by atoms with Gasteiger partial charge in [0, 0.05) is 0 Å². The second kappa shape index (κ2) is 5.56. The van der Waals surface area contributed by atoms with E-state index in [0.29, 0.717) is 0 Å². The largest absolute Gasteiger partial charge is 0.421 e. The lowest BCUT2D eigenvalue weighted by Gasteiger charge is -2.05. The summed E-state index contributed by atoms with van der Waals surface area (Å²) in [5.74, 6) is 0. The first-order valence-corrected chi connectivity index (χ1v) is 8.74. The van der Waals surface area contributed by atoms with Crippen LogP contribution in [0.3, 0.4) is 0 Å². The Kier molecular flexibility index (Phi) is 5.04. The molecule has 0 unspecified atom stereocenters. The molecule has 0 aromatic carbocycles. The van der Waals surface area contributed by atoms with E-state index in [1.54, 1.807) is 0 Å². The average Bonchev–Trinajstić information content (AvgIpc) is 1.92. The molecule has 0 spiro atoms. The van der Waals surface area contributed by atoms with Crippen molar-refractivity contribution in [3.8, 4) is 0 Å². The maximum absolute atomic E-state index is 5.70. The lowest BCUT2D eigenvalue weighted by molar-refractivity contribution is 0.851. The molecule has 0 fully saturated rings. The van der Waals surface area contributed by atoms with Crippen LogP contribution in [0.25, 0.3) is 0 Å². The summed E-state index contributed by atoms with van der Waals surface area (Å²) in [6.45, 7) is 0. The minimum atomic E-state index is -2.54. The van der Waals surface area contributed by atoms with Gasteiger partial charge in [0.05, 0.1) is 5.71 Å². The molecule has 0 heterocycles. The first-order valence-electron chi connectivity index (χ1n) is 4.29. The molecule has 0 amide bonds. The van der Waals surface area contributed by atoms with E-state index in [-0.39, 0.29) is 0 Å². The fourth-order valence-electron chi connectivity index (χ4n) is 1.29. The predicted octanol–water partition coefficient (Wildman–Crippen LogP) is 5.34. The van der Waals surface area contributed by atoms with Crippen molar-refractivity contribution in [2.24, 2.45) is 4.76 Å². The molecule has 0 saturated carbocycles. The van der Waals surface area contributed by atoms with Gasteiger partial charge >= 0.3 is 5.47 Å². The highest BCUT2D eigenvalue weighted by Gasteiger charge is 2.32. The van der Waals surface area contributed by atoms with Crippen molar-refractivity contribution in [1.82, 2.24) is 0 Å². The van der Waals surface area contributed by atoms with E-state index in [9.17, 15) is 0 Å². The summed E-state index contributed by atoms with van der Waals surface area (Å²) in [5.41, 5.74) is -1.47. The topological polar surface area (TPSA) is 12.4 Å². The third-order valence-electron chi connectivity index (χ3n) is 1.86. The Morgan fingerprint density at radius 2 is 1.77 bits per heavy atom. The molecule has 0 N–H and O–H groups in total. The second-order valence-electron chi connectivity index (χ2n) is 2.99. The van der Waals surface area contributed by atoms with Crippen molar-refractivity contribution in [2.45, 2.75) is 32.1 Å². The number of nitrogens with zero attached hydrogens (tertiary/aromatic N) is 1. The number of hydrogen-bond acceptors (Lipinski definition) is 1. The SMILES string of the molecule is Cl[P+](Cl)(Cl)N=C1CC/C=C\CCC1. The number of halogens is 3. The Morgan fingerprint density at radius 1 is 1.08 bits per heavy atom. The first-order chi connectivity index (χ1) is 6.08. The fraction of sp³-hybridized carbons (Fsp3) is 0.625. The lowest BCUT2D eigenvalue weighted by atomic mass is 10.0. The van der Waals surface area contributed by atoms with Crippen LogP contribution in [0.4, 0.5) is 0 Å². The zero-order valence-electron chi connectivity index (χ0n) is 7.22. The molecule has 1 nitrogen and oxygen atoms in total. The Labute approximate surface area is 93.9 Å². The Morgan fingerprint density at radius 3 is 2.46 bits per heavy atom. The molecule has 0 radical (unpaired) electrons. The number of hydrogen-bond donors (Lipinski definition) is 0. The molecule has 1 aliphatic rings. The van der Waals surface area contributed by atoms with E-state index in [0.717, 1.165) is 37.8 Å². The van der Waals surface area contributed by atoms with Crippen molar-refractivity contribution in [1.29, 1.82) is 0 Å². The van der Waals surface area contributed by atoms with Gasteiger partial charge in [0.15, 0.2) is 33.7 Å². The van der Waals surface area contributed by atoms with Crippen molar-refractivity contribution in [2.75, 3.05) is 0 Å². The van der Waals surface area contributed by atoms with Gasteiger partial charge in [-0.25, -0.2) is 0 Å². The summed E-state index contributed by atoms with van der Waals surface area (Å²) in [4.78, 5) is 0. The summed E-state index contributed by atoms with van der Waals surface area (Å²) in [6, 6.07) is 0. The van der Waals surface area contributed by atoms with Gasteiger partial charge in [0.25, 0.3) is 0 Å². The molecule has 0 aliphatic heterocycles. The van der Waals surface area contributed by atoms with Crippen LogP contribution in [-0.4, -0.2) is 5.71 Å². The molecular formula is C8H12Cl3NP+. The summed E-state index contributed by atoms with van der Waals surface area (Å²) in [6.07, 6.45) is 9.52. The summed E-state index contributed by atoms with van der Waals surface area (Å²) in [7, 11) is 0. The summed E-state index contributed by atoms with van der Waals surface area (Å²) < 4.78 is 4.16. The normalized spacial score (nSPS) is 25.3. The van der Waals surface area contributed by atoms with Crippen molar-refractivity contribution in [3.05, 3.63) is 12.2 Å². The van der Waals surface area contributed by atoms with Gasteiger partial charge in [-0.2, -0.15) is 0 Å². The van der Waals surface area contributed by atoms with Gasteiger partial charge < -0.3 is 0 Å². The minimum absolute atomic E-state index is 0.935. The predicted molar refractivity (Wildman–Crippen MR) is 64.1 cm³/mol. The molecule has 5 heteroatoms. The van der Waals surface area contributed by atoms with Crippen LogP contribution in [0, 0.1) is 0 Å². The van der Waals surface area contributed by atoms with Crippen molar-refractivity contribution >= 4 is 44.9 Å². The molecule has 0 aromatic rings. The average molecular weight is 260 g/mol. The molecule has 0 bridgehead atoms. The monoisotopic (exact) mass is 258 g/mol. The number of allylic oxidation sites excluding steroid dienone is 2.